The predicted octanol–water partition coefficient (Wildman–Crippen LogP) is 2.09. The fraction of sp³-hybridized carbons (Fsp3) is 0.750. The second kappa shape index (κ2) is 7.59. The van der Waals surface area contributed by atoms with Gasteiger partial charge in [-0.2, -0.15) is 5.10 Å². The van der Waals surface area contributed by atoms with Crippen molar-refractivity contribution in [2.75, 3.05) is 13.6 Å². The Labute approximate surface area is 127 Å². The SMILES string of the molecule is CCn1ncc(CN(C)CC(=O)NC2CCCCC2)c1C. The average Bonchev–Trinajstić information content (AvgIpc) is 2.80. The van der Waals surface area contributed by atoms with Gasteiger partial charge in [-0.05, 0) is 33.7 Å². The maximum atomic E-state index is 12.1. The lowest BCUT2D eigenvalue weighted by molar-refractivity contribution is -0.123. The van der Waals surface area contributed by atoms with Crippen LogP contribution in [0.15, 0.2) is 6.20 Å². The number of amides is 1. The van der Waals surface area contributed by atoms with E-state index in [0.717, 1.165) is 25.9 Å². The van der Waals surface area contributed by atoms with E-state index < -0.39 is 0 Å². The van der Waals surface area contributed by atoms with E-state index in [1.807, 2.05) is 17.9 Å². The molecule has 118 valence electrons. The standard InChI is InChI=1S/C16H28N4O/c1-4-20-13(2)14(10-17-20)11-19(3)12-16(21)18-15-8-6-5-7-9-15/h10,15H,4-9,11-12H2,1-3H3,(H,18,21). The van der Waals surface area contributed by atoms with Crippen molar-refractivity contribution in [1.82, 2.24) is 20.0 Å². The normalized spacial score (nSPS) is 16.4. The molecule has 21 heavy (non-hydrogen) atoms. The van der Waals surface area contributed by atoms with Gasteiger partial charge >= 0.3 is 0 Å². The van der Waals surface area contributed by atoms with Crippen LogP contribution in [-0.4, -0.2) is 40.2 Å². The summed E-state index contributed by atoms with van der Waals surface area (Å²) in [6.07, 6.45) is 7.99. The highest BCUT2D eigenvalue weighted by atomic mass is 16.2. The number of likely N-dealkylation sites (N-methyl/N-ethyl adjacent to an activating group) is 1. The van der Waals surface area contributed by atoms with Crippen molar-refractivity contribution in [1.29, 1.82) is 0 Å². The molecule has 0 atom stereocenters. The Balaban J connectivity index is 1.78. The maximum Gasteiger partial charge on any atom is 0.234 e. The van der Waals surface area contributed by atoms with Crippen LogP contribution in [0.1, 0.15) is 50.3 Å². The zero-order chi connectivity index (χ0) is 15.2. The lowest BCUT2D eigenvalue weighted by atomic mass is 9.95. The van der Waals surface area contributed by atoms with E-state index >= 15 is 0 Å². The molecule has 1 aliphatic rings. The Morgan fingerprint density at radius 3 is 2.76 bits per heavy atom. The second-order valence-corrected chi connectivity index (χ2v) is 6.15. The van der Waals surface area contributed by atoms with Crippen LogP contribution in [0.3, 0.4) is 0 Å². The fourth-order valence-electron chi connectivity index (χ4n) is 3.07. The van der Waals surface area contributed by atoms with Crippen LogP contribution in [0.2, 0.25) is 0 Å². The Bertz CT molecular complexity index is 463. The third kappa shape index (κ3) is 4.56. The number of aryl methyl sites for hydroxylation is 1. The van der Waals surface area contributed by atoms with Crippen LogP contribution in [-0.2, 0) is 17.9 Å². The first kappa shape index (κ1) is 16.0. The van der Waals surface area contributed by atoms with Gasteiger partial charge in [0.25, 0.3) is 0 Å². The van der Waals surface area contributed by atoms with Crippen LogP contribution in [0, 0.1) is 6.92 Å². The van der Waals surface area contributed by atoms with Gasteiger partial charge in [0, 0.05) is 30.4 Å². The van der Waals surface area contributed by atoms with E-state index in [2.05, 4.69) is 29.2 Å². The number of hydrogen-bond donors (Lipinski definition) is 1. The number of rotatable bonds is 6. The van der Waals surface area contributed by atoms with Gasteiger partial charge in [-0.1, -0.05) is 19.3 Å². The highest BCUT2D eigenvalue weighted by molar-refractivity contribution is 5.78. The zero-order valence-electron chi connectivity index (χ0n) is 13.6. The van der Waals surface area contributed by atoms with Gasteiger partial charge in [-0.3, -0.25) is 14.4 Å². The lowest BCUT2D eigenvalue weighted by Gasteiger charge is -2.24. The molecule has 0 aromatic carbocycles. The highest BCUT2D eigenvalue weighted by Gasteiger charge is 2.17. The molecule has 1 fully saturated rings. The minimum atomic E-state index is 0.143. The summed E-state index contributed by atoms with van der Waals surface area (Å²) >= 11 is 0. The molecule has 0 radical (unpaired) electrons. The topological polar surface area (TPSA) is 50.2 Å². The van der Waals surface area contributed by atoms with Gasteiger partial charge in [-0.15, -0.1) is 0 Å². The smallest absolute Gasteiger partial charge is 0.234 e. The van der Waals surface area contributed by atoms with Gasteiger partial charge in [0.05, 0.1) is 12.7 Å². The minimum absolute atomic E-state index is 0.143. The summed E-state index contributed by atoms with van der Waals surface area (Å²) in [5.41, 5.74) is 2.39. The number of nitrogens with one attached hydrogen (secondary N) is 1. The molecule has 0 aliphatic heterocycles. The van der Waals surface area contributed by atoms with Gasteiger partial charge in [0.15, 0.2) is 0 Å². The highest BCUT2D eigenvalue weighted by Crippen LogP contribution is 2.17. The van der Waals surface area contributed by atoms with Crippen molar-refractivity contribution < 1.29 is 4.79 Å². The molecule has 0 spiro atoms. The molecule has 1 aromatic rings. The van der Waals surface area contributed by atoms with Crippen molar-refractivity contribution in [2.24, 2.45) is 0 Å². The Kier molecular flexibility index (Phi) is 5.79. The van der Waals surface area contributed by atoms with Gasteiger partial charge in [0.1, 0.15) is 0 Å². The summed E-state index contributed by atoms with van der Waals surface area (Å²) in [5.74, 6) is 0.143. The fourth-order valence-corrected chi connectivity index (χ4v) is 3.07. The summed E-state index contributed by atoms with van der Waals surface area (Å²) < 4.78 is 1.99. The molecule has 1 N–H and O–H groups in total. The first-order valence-electron chi connectivity index (χ1n) is 8.09. The van der Waals surface area contributed by atoms with E-state index in [4.69, 9.17) is 0 Å². The molecule has 1 heterocycles. The minimum Gasteiger partial charge on any atom is -0.352 e. The Morgan fingerprint density at radius 2 is 2.14 bits per heavy atom. The number of carbonyl (C=O) groups is 1. The summed E-state index contributed by atoms with van der Waals surface area (Å²) in [6.45, 7) is 6.28. The van der Waals surface area contributed by atoms with E-state index in [1.165, 1.54) is 30.5 Å². The second-order valence-electron chi connectivity index (χ2n) is 6.15. The number of hydrogen-bond acceptors (Lipinski definition) is 3. The lowest BCUT2D eigenvalue weighted by Crippen LogP contribution is -2.41. The molecule has 0 unspecified atom stereocenters. The van der Waals surface area contributed by atoms with Crippen molar-refractivity contribution in [3.8, 4) is 0 Å². The molecule has 5 nitrogen and oxygen atoms in total. The summed E-state index contributed by atoms with van der Waals surface area (Å²) in [6, 6.07) is 0.393. The molecule has 1 amide bonds. The van der Waals surface area contributed by atoms with E-state index in [0.29, 0.717) is 12.6 Å². The molecular weight excluding hydrogens is 264 g/mol. The molecular formula is C16H28N4O. The number of nitrogens with zero attached hydrogens (tertiary/aromatic N) is 3. The van der Waals surface area contributed by atoms with Crippen molar-refractivity contribution in [3.05, 3.63) is 17.5 Å². The Morgan fingerprint density at radius 1 is 1.43 bits per heavy atom. The molecule has 2 rings (SSSR count). The van der Waals surface area contributed by atoms with E-state index in [-0.39, 0.29) is 5.91 Å². The quantitative estimate of drug-likeness (QED) is 0.873. The van der Waals surface area contributed by atoms with Crippen LogP contribution in [0.4, 0.5) is 0 Å². The van der Waals surface area contributed by atoms with E-state index in [1.54, 1.807) is 0 Å². The zero-order valence-corrected chi connectivity index (χ0v) is 13.6. The van der Waals surface area contributed by atoms with Crippen molar-refractivity contribution in [3.63, 3.8) is 0 Å². The molecule has 1 saturated carbocycles. The van der Waals surface area contributed by atoms with Gasteiger partial charge in [-0.25, -0.2) is 0 Å². The van der Waals surface area contributed by atoms with Crippen LogP contribution < -0.4 is 5.32 Å². The first-order valence-corrected chi connectivity index (χ1v) is 8.09. The summed E-state index contributed by atoms with van der Waals surface area (Å²) in [4.78, 5) is 14.1. The molecule has 1 aromatic heterocycles. The molecule has 0 saturated heterocycles. The molecule has 5 heteroatoms. The monoisotopic (exact) mass is 292 g/mol. The van der Waals surface area contributed by atoms with Crippen molar-refractivity contribution in [2.45, 2.75) is 65.1 Å². The van der Waals surface area contributed by atoms with Gasteiger partial charge < -0.3 is 5.32 Å². The first-order chi connectivity index (χ1) is 10.1. The third-order valence-corrected chi connectivity index (χ3v) is 4.33. The van der Waals surface area contributed by atoms with Crippen LogP contribution >= 0.6 is 0 Å². The number of aromatic nitrogens is 2. The van der Waals surface area contributed by atoms with Gasteiger partial charge in [0.2, 0.25) is 5.91 Å². The van der Waals surface area contributed by atoms with Crippen LogP contribution in [0.25, 0.3) is 0 Å². The number of carbonyl (C=O) groups excluding carboxylic acids is 1. The molecule has 1 aliphatic carbocycles. The largest absolute Gasteiger partial charge is 0.352 e. The van der Waals surface area contributed by atoms with Crippen molar-refractivity contribution >= 4 is 5.91 Å². The van der Waals surface area contributed by atoms with Crippen LogP contribution in [0.5, 0.6) is 0 Å². The molecule has 0 bridgehead atoms. The maximum absolute atomic E-state index is 12.1. The Hall–Kier alpha value is -1.36. The van der Waals surface area contributed by atoms with E-state index in [9.17, 15) is 4.79 Å². The predicted molar refractivity (Wildman–Crippen MR) is 84.0 cm³/mol. The summed E-state index contributed by atoms with van der Waals surface area (Å²) in [5, 5.41) is 7.51. The third-order valence-electron chi connectivity index (χ3n) is 4.33. The average molecular weight is 292 g/mol. The summed E-state index contributed by atoms with van der Waals surface area (Å²) in [7, 11) is 1.99.